The zero-order chi connectivity index (χ0) is 17.1. The number of amides is 1. The molecule has 3 rings (SSSR count). The lowest BCUT2D eigenvalue weighted by molar-refractivity contribution is -0.124. The van der Waals surface area contributed by atoms with E-state index in [4.69, 9.17) is 16.3 Å². The molecule has 0 saturated heterocycles. The van der Waals surface area contributed by atoms with Crippen molar-refractivity contribution in [1.29, 1.82) is 0 Å². The van der Waals surface area contributed by atoms with Crippen LogP contribution in [0, 0.1) is 5.92 Å². The Bertz CT molecular complexity index is 734. The maximum Gasteiger partial charge on any atom is 0.222 e. The minimum absolute atomic E-state index is 0.0237. The van der Waals surface area contributed by atoms with Crippen molar-refractivity contribution in [2.24, 2.45) is 5.92 Å². The van der Waals surface area contributed by atoms with Gasteiger partial charge < -0.3 is 10.1 Å². The van der Waals surface area contributed by atoms with E-state index in [0.717, 1.165) is 35.3 Å². The van der Waals surface area contributed by atoms with Crippen LogP contribution in [0.2, 0.25) is 5.02 Å². The van der Waals surface area contributed by atoms with Crippen LogP contribution in [0.15, 0.2) is 36.7 Å². The molecule has 2 aromatic rings. The topological polar surface area (TPSA) is 51.2 Å². The Kier molecular flexibility index (Phi) is 5.05. The van der Waals surface area contributed by atoms with Gasteiger partial charge in [0.2, 0.25) is 5.91 Å². The van der Waals surface area contributed by atoms with Gasteiger partial charge in [-0.05, 0) is 36.2 Å². The summed E-state index contributed by atoms with van der Waals surface area (Å²) in [6, 6.07) is 7.73. The molecule has 4 nitrogen and oxygen atoms in total. The monoisotopic (exact) mass is 344 g/mol. The molecular formula is C19H21ClN2O2. The summed E-state index contributed by atoms with van der Waals surface area (Å²) in [7, 11) is 0. The molecule has 0 unspecified atom stereocenters. The number of nitrogens with one attached hydrogen (secondary N) is 1. The molecule has 24 heavy (non-hydrogen) atoms. The average Bonchev–Trinajstić information content (AvgIpc) is 3.01. The van der Waals surface area contributed by atoms with Crippen LogP contribution in [0.25, 0.3) is 11.1 Å². The normalized spacial score (nSPS) is 17.0. The van der Waals surface area contributed by atoms with Gasteiger partial charge in [0.05, 0.1) is 6.54 Å². The third-order valence-electron chi connectivity index (χ3n) is 4.42. The maximum atomic E-state index is 12.0. The van der Waals surface area contributed by atoms with Crippen LogP contribution in [0.5, 0.6) is 5.75 Å². The second kappa shape index (κ2) is 7.22. The van der Waals surface area contributed by atoms with E-state index < -0.39 is 0 Å². The van der Waals surface area contributed by atoms with Crippen LogP contribution < -0.4 is 10.1 Å². The van der Waals surface area contributed by atoms with Gasteiger partial charge in [-0.15, -0.1) is 0 Å². The van der Waals surface area contributed by atoms with Gasteiger partial charge in [-0.3, -0.25) is 9.78 Å². The molecule has 0 aliphatic carbocycles. The van der Waals surface area contributed by atoms with Gasteiger partial charge in [-0.2, -0.15) is 0 Å². The fourth-order valence-corrected chi connectivity index (χ4v) is 3.07. The second-order valence-electron chi connectivity index (χ2n) is 6.18. The zero-order valence-corrected chi connectivity index (χ0v) is 14.6. The second-order valence-corrected chi connectivity index (χ2v) is 6.61. The van der Waals surface area contributed by atoms with Gasteiger partial charge in [0, 0.05) is 40.9 Å². The third kappa shape index (κ3) is 3.54. The number of hydrogen-bond donors (Lipinski definition) is 1. The molecule has 1 N–H and O–H groups in total. The minimum Gasteiger partial charge on any atom is -0.487 e. The first-order valence-electron chi connectivity index (χ1n) is 8.25. The van der Waals surface area contributed by atoms with Crippen LogP contribution in [0.3, 0.4) is 0 Å². The Balaban J connectivity index is 1.76. The van der Waals surface area contributed by atoms with E-state index in [1.807, 2.05) is 38.1 Å². The number of ether oxygens (including phenoxy) is 1. The molecule has 0 radical (unpaired) electrons. The number of carbonyl (C=O) groups is 1. The number of rotatable bonds is 5. The highest BCUT2D eigenvalue weighted by Crippen LogP contribution is 2.40. The zero-order valence-electron chi connectivity index (χ0n) is 13.9. The first-order valence-corrected chi connectivity index (χ1v) is 8.63. The van der Waals surface area contributed by atoms with E-state index in [0.29, 0.717) is 11.6 Å². The number of aromatic nitrogens is 1. The molecule has 2 atom stereocenters. The minimum atomic E-state index is -0.0629. The van der Waals surface area contributed by atoms with Gasteiger partial charge >= 0.3 is 0 Å². The Morgan fingerprint density at radius 3 is 2.88 bits per heavy atom. The molecule has 1 aromatic heterocycles. The van der Waals surface area contributed by atoms with E-state index in [1.54, 1.807) is 12.4 Å². The van der Waals surface area contributed by atoms with E-state index in [2.05, 4.69) is 10.3 Å². The number of carbonyl (C=O) groups excluding carboxylic acids is 1. The first-order chi connectivity index (χ1) is 11.6. The lowest BCUT2D eigenvalue weighted by Gasteiger charge is -2.15. The summed E-state index contributed by atoms with van der Waals surface area (Å²) < 4.78 is 6.12. The smallest absolute Gasteiger partial charge is 0.222 e. The predicted molar refractivity (Wildman–Crippen MR) is 95.3 cm³/mol. The Labute approximate surface area is 147 Å². The standard InChI is InChI=1S/C19H21ClN2O2/c1-3-12(2)19(23)22-11-16-9-14-8-15(20)10-17(18(14)24-16)13-4-6-21-7-5-13/h4-8,10,12,16H,3,9,11H2,1-2H3,(H,22,23)/t12-,16-/m0/s1. The average molecular weight is 345 g/mol. The molecular weight excluding hydrogens is 324 g/mol. The molecule has 5 heteroatoms. The van der Waals surface area contributed by atoms with E-state index >= 15 is 0 Å². The highest BCUT2D eigenvalue weighted by molar-refractivity contribution is 6.31. The molecule has 1 aliphatic rings. The molecule has 0 spiro atoms. The van der Waals surface area contributed by atoms with Crippen molar-refractivity contribution in [3.05, 3.63) is 47.2 Å². The molecule has 0 saturated carbocycles. The van der Waals surface area contributed by atoms with Crippen LogP contribution in [0.4, 0.5) is 0 Å². The number of nitrogens with zero attached hydrogens (tertiary/aromatic N) is 1. The largest absolute Gasteiger partial charge is 0.487 e. The molecule has 0 fully saturated rings. The Morgan fingerprint density at radius 1 is 1.42 bits per heavy atom. The van der Waals surface area contributed by atoms with Crippen LogP contribution >= 0.6 is 11.6 Å². The van der Waals surface area contributed by atoms with E-state index in [9.17, 15) is 4.79 Å². The summed E-state index contributed by atoms with van der Waals surface area (Å²) in [6.45, 7) is 4.45. The molecule has 126 valence electrons. The third-order valence-corrected chi connectivity index (χ3v) is 4.64. The first kappa shape index (κ1) is 16.8. The van der Waals surface area contributed by atoms with Crippen LogP contribution in [-0.2, 0) is 11.2 Å². The summed E-state index contributed by atoms with van der Waals surface area (Å²) >= 11 is 6.27. The lowest BCUT2D eigenvalue weighted by atomic mass is 10.0. The summed E-state index contributed by atoms with van der Waals surface area (Å²) in [5.74, 6) is 0.952. The highest BCUT2D eigenvalue weighted by Gasteiger charge is 2.27. The van der Waals surface area contributed by atoms with E-state index in [-0.39, 0.29) is 17.9 Å². The van der Waals surface area contributed by atoms with Gasteiger partial charge in [-0.25, -0.2) is 0 Å². The maximum absolute atomic E-state index is 12.0. The van der Waals surface area contributed by atoms with Crippen molar-refractivity contribution in [2.75, 3.05) is 6.54 Å². The molecule has 1 amide bonds. The molecule has 1 aliphatic heterocycles. The van der Waals surface area contributed by atoms with Crippen LogP contribution in [-0.4, -0.2) is 23.5 Å². The van der Waals surface area contributed by atoms with Crippen LogP contribution in [0.1, 0.15) is 25.8 Å². The summed E-state index contributed by atoms with van der Waals surface area (Å²) in [6.07, 6.45) is 5.02. The fourth-order valence-electron chi connectivity index (χ4n) is 2.83. The van der Waals surface area contributed by atoms with Crippen molar-refractivity contribution in [1.82, 2.24) is 10.3 Å². The van der Waals surface area contributed by atoms with Crippen molar-refractivity contribution in [3.63, 3.8) is 0 Å². The summed E-state index contributed by atoms with van der Waals surface area (Å²) in [5, 5.41) is 3.67. The van der Waals surface area contributed by atoms with Crippen molar-refractivity contribution < 1.29 is 9.53 Å². The van der Waals surface area contributed by atoms with Gasteiger partial charge in [-0.1, -0.05) is 25.4 Å². The summed E-state index contributed by atoms with van der Waals surface area (Å²) in [4.78, 5) is 16.0. The Morgan fingerprint density at radius 2 is 2.17 bits per heavy atom. The van der Waals surface area contributed by atoms with Gasteiger partial charge in [0.25, 0.3) is 0 Å². The van der Waals surface area contributed by atoms with Crippen molar-refractivity contribution >= 4 is 17.5 Å². The summed E-state index contributed by atoms with van der Waals surface area (Å²) in [5.41, 5.74) is 3.07. The van der Waals surface area contributed by atoms with E-state index in [1.165, 1.54) is 0 Å². The number of fused-ring (bicyclic) bond motifs is 1. The number of halogens is 1. The Hall–Kier alpha value is -2.07. The SMILES string of the molecule is CC[C@H](C)C(=O)NC[C@@H]1Cc2cc(Cl)cc(-c3ccncc3)c2O1. The molecule has 0 bridgehead atoms. The van der Waals surface area contributed by atoms with Crippen molar-refractivity contribution in [3.8, 4) is 16.9 Å². The lowest BCUT2D eigenvalue weighted by Crippen LogP contribution is -2.37. The molecule has 2 heterocycles. The quantitative estimate of drug-likeness (QED) is 0.895. The predicted octanol–water partition coefficient (Wildman–Crippen LogP) is 3.87. The fraction of sp³-hybridized carbons (Fsp3) is 0.368. The van der Waals surface area contributed by atoms with Gasteiger partial charge in [0.1, 0.15) is 11.9 Å². The number of pyridine rings is 1. The number of hydrogen-bond acceptors (Lipinski definition) is 3. The van der Waals surface area contributed by atoms with Crippen molar-refractivity contribution in [2.45, 2.75) is 32.8 Å². The number of benzene rings is 1. The van der Waals surface area contributed by atoms with Gasteiger partial charge in [0.15, 0.2) is 0 Å². The molecule has 1 aromatic carbocycles. The highest BCUT2D eigenvalue weighted by atomic mass is 35.5.